The van der Waals surface area contributed by atoms with Crippen LogP contribution in [0.15, 0.2) is 28.7 Å². The van der Waals surface area contributed by atoms with Crippen LogP contribution in [0.4, 0.5) is 22.2 Å². The summed E-state index contributed by atoms with van der Waals surface area (Å²) in [6.07, 6.45) is 7.57. The first-order chi connectivity index (χ1) is 15.4. The maximum absolute atomic E-state index is 11.8. The average Bonchev–Trinajstić information content (AvgIpc) is 2.78. The number of nitrogens with one attached hydrogen (secondary N) is 1. The van der Waals surface area contributed by atoms with E-state index >= 15 is 0 Å². The number of aryl methyl sites for hydroxylation is 1. The lowest BCUT2D eigenvalue weighted by Gasteiger charge is -2.32. The summed E-state index contributed by atoms with van der Waals surface area (Å²) in [5.74, 6) is 2.13. The zero-order valence-corrected chi connectivity index (χ0v) is 20.4. The van der Waals surface area contributed by atoms with Crippen molar-refractivity contribution >= 4 is 39.5 Å². The molecular weight excluding hydrogens is 470 g/mol. The van der Waals surface area contributed by atoms with Gasteiger partial charge in [-0.25, -0.2) is 9.78 Å². The average molecular weight is 502 g/mol. The highest BCUT2D eigenvalue weighted by atomic mass is 79.9. The lowest BCUT2D eigenvalue weighted by molar-refractivity contribution is 0.199. The van der Waals surface area contributed by atoms with Crippen LogP contribution >= 0.6 is 15.9 Å². The Hall–Kier alpha value is -2.35. The molecule has 2 aromatic rings. The van der Waals surface area contributed by atoms with Gasteiger partial charge in [0.15, 0.2) is 0 Å². The summed E-state index contributed by atoms with van der Waals surface area (Å²) >= 11 is 3.41. The highest BCUT2D eigenvalue weighted by Gasteiger charge is 2.27. The first kappa shape index (κ1) is 22.8. The molecular formula is C24H32BrN5O2. The third kappa shape index (κ3) is 5.34. The lowest BCUT2D eigenvalue weighted by atomic mass is 9.85. The van der Waals surface area contributed by atoms with E-state index in [9.17, 15) is 9.90 Å². The molecule has 0 spiro atoms. The number of halogens is 1. The first-order valence-electron chi connectivity index (χ1n) is 11.5. The van der Waals surface area contributed by atoms with Crippen molar-refractivity contribution in [3.05, 3.63) is 40.0 Å². The van der Waals surface area contributed by atoms with Crippen LogP contribution in [0.2, 0.25) is 0 Å². The number of nitrogens with zero attached hydrogens (tertiary/aromatic N) is 4. The van der Waals surface area contributed by atoms with E-state index in [4.69, 9.17) is 9.97 Å². The van der Waals surface area contributed by atoms with E-state index in [-0.39, 0.29) is 0 Å². The molecule has 1 aromatic heterocycles. The first-order valence-corrected chi connectivity index (χ1v) is 12.3. The van der Waals surface area contributed by atoms with Crippen molar-refractivity contribution in [1.82, 2.24) is 9.97 Å². The number of rotatable bonds is 6. The number of fused-ring (bicyclic) bond motifs is 1. The summed E-state index contributed by atoms with van der Waals surface area (Å²) in [7, 11) is 4.09. The lowest BCUT2D eigenvalue weighted by Crippen LogP contribution is -2.37. The van der Waals surface area contributed by atoms with E-state index in [1.54, 1.807) is 0 Å². The number of hydrogen-bond donors (Lipinski definition) is 2. The van der Waals surface area contributed by atoms with Gasteiger partial charge in [0.1, 0.15) is 5.82 Å². The van der Waals surface area contributed by atoms with E-state index in [0.717, 1.165) is 60.5 Å². The van der Waals surface area contributed by atoms with Gasteiger partial charge in [0.25, 0.3) is 0 Å². The molecule has 1 heterocycles. The molecule has 8 heteroatoms. The molecule has 0 radical (unpaired) electrons. The number of amides is 1. The molecule has 0 aliphatic heterocycles. The molecule has 0 saturated heterocycles. The molecule has 1 saturated carbocycles. The van der Waals surface area contributed by atoms with E-state index in [0.29, 0.717) is 18.5 Å². The molecule has 7 nitrogen and oxygen atoms in total. The summed E-state index contributed by atoms with van der Waals surface area (Å²) in [6, 6.07) is 7.79. The molecule has 4 rings (SSSR count). The Morgan fingerprint density at radius 2 is 1.78 bits per heavy atom. The second kappa shape index (κ2) is 10.1. The van der Waals surface area contributed by atoms with Crippen LogP contribution in [-0.2, 0) is 12.8 Å². The number of carbonyl (C=O) groups is 1. The van der Waals surface area contributed by atoms with Crippen LogP contribution in [0.5, 0.6) is 0 Å². The van der Waals surface area contributed by atoms with Crippen molar-refractivity contribution in [2.75, 3.05) is 35.8 Å². The monoisotopic (exact) mass is 501 g/mol. The minimum Gasteiger partial charge on any atom is -0.465 e. The second-order valence-electron chi connectivity index (χ2n) is 9.13. The summed E-state index contributed by atoms with van der Waals surface area (Å²) in [4.78, 5) is 25.1. The van der Waals surface area contributed by atoms with E-state index < -0.39 is 6.09 Å². The number of carboxylic acid groups (broad SMARTS) is 1. The fourth-order valence-corrected chi connectivity index (χ4v) is 5.12. The van der Waals surface area contributed by atoms with Crippen LogP contribution in [0.25, 0.3) is 0 Å². The van der Waals surface area contributed by atoms with Gasteiger partial charge < -0.3 is 15.3 Å². The smallest absolute Gasteiger partial charge is 0.411 e. The predicted molar refractivity (Wildman–Crippen MR) is 132 cm³/mol. The molecule has 32 heavy (non-hydrogen) atoms. The summed E-state index contributed by atoms with van der Waals surface area (Å²) < 4.78 is 0.944. The second-order valence-corrected chi connectivity index (χ2v) is 10.0. The Balaban J connectivity index is 1.37. The predicted octanol–water partition coefficient (Wildman–Crippen LogP) is 5.34. The van der Waals surface area contributed by atoms with Gasteiger partial charge in [0.2, 0.25) is 5.95 Å². The van der Waals surface area contributed by atoms with Gasteiger partial charge in [0.05, 0.1) is 5.69 Å². The minimum absolute atomic E-state index is 0.328. The maximum atomic E-state index is 11.8. The van der Waals surface area contributed by atoms with E-state index in [1.807, 2.05) is 38.4 Å². The molecule has 0 bridgehead atoms. The summed E-state index contributed by atoms with van der Waals surface area (Å²) in [5, 5.41) is 13.3. The number of aromatic nitrogens is 2. The van der Waals surface area contributed by atoms with E-state index in [2.05, 4.69) is 26.1 Å². The van der Waals surface area contributed by atoms with Gasteiger partial charge in [0, 0.05) is 42.4 Å². The van der Waals surface area contributed by atoms with Crippen molar-refractivity contribution in [1.29, 1.82) is 0 Å². The standard InChI is InChI=1S/C24H32BrN5O2/c1-29(2)22-20-5-3-4-6-21(20)27-23(28-22)26-18-11-7-16(8-12-18)15-30(24(31)32)19-13-9-17(25)10-14-19/h9-10,13-14,16,18H,3-8,11-12,15H2,1-2H3,(H,31,32)(H,26,27,28). The topological polar surface area (TPSA) is 81.6 Å². The van der Waals surface area contributed by atoms with Crippen LogP contribution in [-0.4, -0.2) is 47.8 Å². The highest BCUT2D eigenvalue weighted by Crippen LogP contribution is 2.31. The zero-order valence-electron chi connectivity index (χ0n) is 18.9. The quantitative estimate of drug-likeness (QED) is 0.555. The number of benzene rings is 1. The fourth-order valence-electron chi connectivity index (χ4n) is 4.85. The fraction of sp³-hybridized carbons (Fsp3) is 0.542. The molecule has 2 aliphatic rings. The summed E-state index contributed by atoms with van der Waals surface area (Å²) in [5.41, 5.74) is 3.22. The van der Waals surface area contributed by atoms with Crippen LogP contribution < -0.4 is 15.1 Å². The van der Waals surface area contributed by atoms with Gasteiger partial charge >= 0.3 is 6.09 Å². The van der Waals surface area contributed by atoms with Crippen molar-refractivity contribution in [2.24, 2.45) is 5.92 Å². The third-order valence-corrected chi connectivity index (χ3v) is 7.10. The van der Waals surface area contributed by atoms with Crippen LogP contribution in [0, 0.1) is 5.92 Å². The van der Waals surface area contributed by atoms with Crippen molar-refractivity contribution in [3.8, 4) is 0 Å². The largest absolute Gasteiger partial charge is 0.465 e. The van der Waals surface area contributed by atoms with Crippen LogP contribution in [0.1, 0.15) is 49.8 Å². The van der Waals surface area contributed by atoms with Gasteiger partial charge in [-0.1, -0.05) is 15.9 Å². The van der Waals surface area contributed by atoms with Gasteiger partial charge in [-0.3, -0.25) is 4.90 Å². The maximum Gasteiger partial charge on any atom is 0.411 e. The van der Waals surface area contributed by atoms with Gasteiger partial charge in [-0.05, 0) is 81.5 Å². The molecule has 0 atom stereocenters. The van der Waals surface area contributed by atoms with Crippen molar-refractivity contribution < 1.29 is 9.90 Å². The Kier molecular flexibility index (Phi) is 7.18. The molecule has 1 amide bonds. The Morgan fingerprint density at radius 1 is 1.09 bits per heavy atom. The number of hydrogen-bond acceptors (Lipinski definition) is 5. The van der Waals surface area contributed by atoms with E-state index in [1.165, 1.54) is 29.0 Å². The summed E-state index contributed by atoms with van der Waals surface area (Å²) in [6.45, 7) is 0.532. The highest BCUT2D eigenvalue weighted by molar-refractivity contribution is 9.10. The zero-order chi connectivity index (χ0) is 22.7. The number of anilines is 3. The Bertz CT molecular complexity index is 942. The van der Waals surface area contributed by atoms with Crippen molar-refractivity contribution in [3.63, 3.8) is 0 Å². The van der Waals surface area contributed by atoms with Gasteiger partial charge in [-0.2, -0.15) is 4.98 Å². The molecule has 2 aliphatic carbocycles. The molecule has 0 unspecified atom stereocenters. The van der Waals surface area contributed by atoms with Crippen LogP contribution in [0.3, 0.4) is 0 Å². The van der Waals surface area contributed by atoms with Crippen molar-refractivity contribution in [2.45, 2.75) is 57.4 Å². The third-order valence-electron chi connectivity index (χ3n) is 6.57. The minimum atomic E-state index is -0.897. The normalized spacial score (nSPS) is 20.3. The van der Waals surface area contributed by atoms with Gasteiger partial charge in [-0.15, -0.1) is 0 Å². The SMILES string of the molecule is CN(C)c1nc(NC2CCC(CN(C(=O)O)c3ccc(Br)cc3)CC2)nc2c1CCCC2. The molecule has 2 N–H and O–H groups in total. The molecule has 172 valence electrons. The molecule has 1 fully saturated rings. The molecule has 1 aromatic carbocycles. The Morgan fingerprint density at radius 3 is 2.44 bits per heavy atom. The Labute approximate surface area is 198 Å².